The molecule has 0 unspecified atom stereocenters. The van der Waals surface area contributed by atoms with E-state index in [4.69, 9.17) is 0 Å². The van der Waals surface area contributed by atoms with Gasteiger partial charge in [-0.3, -0.25) is 4.79 Å². The Hall–Kier alpha value is -3.37. The molecular formula is C23H20F3N3O3S. The van der Waals surface area contributed by atoms with Crippen LogP contribution in [-0.2, 0) is 10.0 Å². The Labute approximate surface area is 189 Å². The lowest BCUT2D eigenvalue weighted by Gasteiger charge is -2.35. The second-order valence-corrected chi connectivity index (χ2v) is 9.38. The van der Waals surface area contributed by atoms with Gasteiger partial charge in [0.2, 0.25) is 10.0 Å². The molecule has 1 N–H and O–H groups in total. The first-order valence-corrected chi connectivity index (χ1v) is 11.6. The average Bonchev–Trinajstić information content (AvgIpc) is 2.82. The molecular weight excluding hydrogens is 455 g/mol. The van der Waals surface area contributed by atoms with E-state index in [1.807, 2.05) is 4.90 Å². The predicted octanol–water partition coefficient (Wildman–Crippen LogP) is 3.87. The zero-order valence-electron chi connectivity index (χ0n) is 17.3. The monoisotopic (exact) mass is 475 g/mol. The summed E-state index contributed by atoms with van der Waals surface area (Å²) in [6, 6.07) is 14.5. The van der Waals surface area contributed by atoms with Gasteiger partial charge in [-0.15, -0.1) is 0 Å². The number of halogens is 3. The molecule has 0 bridgehead atoms. The first kappa shape index (κ1) is 22.8. The summed E-state index contributed by atoms with van der Waals surface area (Å²) < 4.78 is 68.4. The van der Waals surface area contributed by atoms with Crippen LogP contribution in [0.2, 0.25) is 0 Å². The van der Waals surface area contributed by atoms with Gasteiger partial charge in [0.25, 0.3) is 5.91 Å². The average molecular weight is 475 g/mol. The summed E-state index contributed by atoms with van der Waals surface area (Å²) in [5.74, 6) is -3.06. The molecule has 4 rings (SSSR count). The van der Waals surface area contributed by atoms with Crippen LogP contribution in [-0.4, -0.2) is 44.8 Å². The fourth-order valence-corrected chi connectivity index (χ4v) is 5.06. The van der Waals surface area contributed by atoms with E-state index in [0.29, 0.717) is 13.1 Å². The number of hydrogen-bond acceptors (Lipinski definition) is 4. The van der Waals surface area contributed by atoms with Crippen molar-refractivity contribution in [2.45, 2.75) is 4.90 Å². The molecule has 1 aliphatic heterocycles. The Morgan fingerprint density at radius 2 is 1.42 bits per heavy atom. The molecule has 0 atom stereocenters. The Morgan fingerprint density at radius 1 is 0.818 bits per heavy atom. The van der Waals surface area contributed by atoms with E-state index in [-0.39, 0.29) is 29.4 Å². The van der Waals surface area contributed by atoms with Crippen LogP contribution < -0.4 is 10.2 Å². The minimum atomic E-state index is -3.90. The van der Waals surface area contributed by atoms with Crippen molar-refractivity contribution in [3.05, 3.63) is 89.7 Å². The van der Waals surface area contributed by atoms with Crippen molar-refractivity contribution in [2.24, 2.45) is 0 Å². The summed E-state index contributed by atoms with van der Waals surface area (Å²) in [6.07, 6.45) is 0. The van der Waals surface area contributed by atoms with Crippen LogP contribution in [0.15, 0.2) is 71.6 Å². The number of anilines is 2. The van der Waals surface area contributed by atoms with Gasteiger partial charge in [-0.25, -0.2) is 21.6 Å². The maximum absolute atomic E-state index is 13.8. The highest BCUT2D eigenvalue weighted by atomic mass is 32.2. The number of hydrogen-bond donors (Lipinski definition) is 1. The van der Waals surface area contributed by atoms with Crippen molar-refractivity contribution >= 4 is 27.3 Å². The van der Waals surface area contributed by atoms with Gasteiger partial charge in [0.05, 0.1) is 4.90 Å². The molecule has 1 amide bonds. The quantitative estimate of drug-likeness (QED) is 0.609. The Bertz CT molecular complexity index is 1260. The number of para-hydroxylation sites is 1. The molecule has 3 aromatic carbocycles. The van der Waals surface area contributed by atoms with Crippen molar-refractivity contribution in [2.75, 3.05) is 36.4 Å². The summed E-state index contributed by atoms with van der Waals surface area (Å²) in [5.41, 5.74) is 0.142. The number of sulfonamides is 1. The molecule has 6 nitrogen and oxygen atoms in total. The number of carbonyl (C=O) groups is 1. The maximum atomic E-state index is 13.8. The van der Waals surface area contributed by atoms with E-state index < -0.39 is 33.3 Å². The Kier molecular flexibility index (Phi) is 6.39. The largest absolute Gasteiger partial charge is 0.369 e. The maximum Gasteiger partial charge on any atom is 0.255 e. The fraction of sp³-hybridized carbons (Fsp3) is 0.174. The van der Waals surface area contributed by atoms with E-state index in [1.54, 1.807) is 12.1 Å². The number of piperazine rings is 1. The highest BCUT2D eigenvalue weighted by Crippen LogP contribution is 2.23. The summed E-state index contributed by atoms with van der Waals surface area (Å²) in [5, 5.41) is 2.15. The van der Waals surface area contributed by atoms with Gasteiger partial charge >= 0.3 is 0 Å². The second kappa shape index (κ2) is 9.24. The topological polar surface area (TPSA) is 69.7 Å². The van der Waals surface area contributed by atoms with Gasteiger partial charge < -0.3 is 10.2 Å². The van der Waals surface area contributed by atoms with Crippen molar-refractivity contribution in [3.63, 3.8) is 0 Å². The molecule has 1 saturated heterocycles. The lowest BCUT2D eigenvalue weighted by molar-refractivity contribution is 0.102. The number of rotatable bonds is 5. The molecule has 33 heavy (non-hydrogen) atoms. The van der Waals surface area contributed by atoms with E-state index in [2.05, 4.69) is 5.32 Å². The normalized spacial score (nSPS) is 14.8. The highest BCUT2D eigenvalue weighted by Gasteiger charge is 2.29. The lowest BCUT2D eigenvalue weighted by Crippen LogP contribution is -2.48. The summed E-state index contributed by atoms with van der Waals surface area (Å²) in [6.45, 7) is 1.24. The van der Waals surface area contributed by atoms with E-state index in [1.165, 1.54) is 46.8 Å². The van der Waals surface area contributed by atoms with Gasteiger partial charge in [0.15, 0.2) is 0 Å². The zero-order chi connectivity index (χ0) is 23.6. The Morgan fingerprint density at radius 3 is 2.06 bits per heavy atom. The van der Waals surface area contributed by atoms with Crippen LogP contribution in [0.3, 0.4) is 0 Å². The first-order chi connectivity index (χ1) is 15.8. The Balaban J connectivity index is 1.48. The van der Waals surface area contributed by atoms with E-state index in [0.717, 1.165) is 17.8 Å². The molecule has 0 radical (unpaired) electrons. The van der Waals surface area contributed by atoms with Crippen LogP contribution >= 0.6 is 0 Å². The molecule has 3 aromatic rings. The molecule has 0 aromatic heterocycles. The lowest BCUT2D eigenvalue weighted by atomic mass is 10.2. The summed E-state index contributed by atoms with van der Waals surface area (Å²) in [7, 11) is -3.90. The second-order valence-electron chi connectivity index (χ2n) is 7.45. The number of amides is 1. The van der Waals surface area contributed by atoms with Crippen LogP contribution in [0.25, 0.3) is 0 Å². The smallest absolute Gasteiger partial charge is 0.255 e. The highest BCUT2D eigenvalue weighted by molar-refractivity contribution is 7.89. The third-order valence-corrected chi connectivity index (χ3v) is 7.26. The molecule has 0 spiro atoms. The molecule has 0 aliphatic carbocycles. The zero-order valence-corrected chi connectivity index (χ0v) is 18.2. The summed E-state index contributed by atoms with van der Waals surface area (Å²) in [4.78, 5) is 14.4. The predicted molar refractivity (Wildman–Crippen MR) is 118 cm³/mol. The van der Waals surface area contributed by atoms with Crippen molar-refractivity contribution in [1.29, 1.82) is 0 Å². The van der Waals surface area contributed by atoms with E-state index >= 15 is 0 Å². The van der Waals surface area contributed by atoms with Crippen LogP contribution in [0, 0.1) is 17.5 Å². The molecule has 172 valence electrons. The molecule has 0 saturated carbocycles. The minimum absolute atomic E-state index is 0.0522. The number of nitrogens with zero attached hydrogens (tertiary/aromatic N) is 2. The molecule has 1 fully saturated rings. The van der Waals surface area contributed by atoms with Crippen molar-refractivity contribution < 1.29 is 26.4 Å². The first-order valence-electron chi connectivity index (χ1n) is 10.1. The summed E-state index contributed by atoms with van der Waals surface area (Å²) >= 11 is 0. The SMILES string of the molecule is O=C(Nc1c(F)cccc1F)c1cccc(S(=O)(=O)N2CCN(c3ccc(F)cc3)CC2)c1. The third kappa shape index (κ3) is 4.86. The standard InChI is InChI=1S/C23H20F3N3O3S/c24-17-7-9-18(10-8-17)28-11-13-29(14-12-28)33(31,32)19-4-1-3-16(15-19)23(30)27-22-20(25)5-2-6-21(22)26/h1-10,15H,11-14H2,(H,27,30). The van der Waals surface area contributed by atoms with Crippen LogP contribution in [0.1, 0.15) is 10.4 Å². The number of benzene rings is 3. The van der Waals surface area contributed by atoms with Gasteiger partial charge in [-0.1, -0.05) is 12.1 Å². The van der Waals surface area contributed by atoms with Crippen LogP contribution in [0.5, 0.6) is 0 Å². The fourth-order valence-electron chi connectivity index (χ4n) is 3.59. The molecule has 1 aliphatic rings. The minimum Gasteiger partial charge on any atom is -0.369 e. The molecule has 1 heterocycles. The van der Waals surface area contributed by atoms with Gasteiger partial charge in [-0.2, -0.15) is 4.31 Å². The number of carbonyl (C=O) groups excluding carboxylic acids is 1. The van der Waals surface area contributed by atoms with Crippen molar-refractivity contribution in [3.8, 4) is 0 Å². The third-order valence-electron chi connectivity index (χ3n) is 5.37. The van der Waals surface area contributed by atoms with Gasteiger partial charge in [-0.05, 0) is 54.6 Å². The van der Waals surface area contributed by atoms with Crippen LogP contribution in [0.4, 0.5) is 24.5 Å². The van der Waals surface area contributed by atoms with E-state index in [9.17, 15) is 26.4 Å². The van der Waals surface area contributed by atoms with Crippen molar-refractivity contribution in [1.82, 2.24) is 4.31 Å². The van der Waals surface area contributed by atoms with Gasteiger partial charge in [0.1, 0.15) is 23.1 Å². The van der Waals surface area contributed by atoms with Gasteiger partial charge in [0, 0.05) is 37.4 Å². The molecule has 10 heteroatoms. The number of nitrogens with one attached hydrogen (secondary N) is 1.